The molecular weight excluding hydrogens is 288 g/mol. The van der Waals surface area contributed by atoms with Gasteiger partial charge in [-0.05, 0) is 41.6 Å². The van der Waals surface area contributed by atoms with Crippen LogP contribution in [0.3, 0.4) is 0 Å². The Kier molecular flexibility index (Phi) is 3.78. The maximum Gasteiger partial charge on any atom is 0.178 e. The lowest BCUT2D eigenvalue weighted by molar-refractivity contribution is 0.509. The van der Waals surface area contributed by atoms with E-state index < -0.39 is 11.6 Å². The highest BCUT2D eigenvalue weighted by Crippen LogP contribution is 2.20. The van der Waals surface area contributed by atoms with Crippen LogP contribution >= 0.6 is 0 Å². The molecule has 1 atom stereocenters. The molecule has 0 saturated carbocycles. The van der Waals surface area contributed by atoms with Crippen LogP contribution in [0, 0.1) is 11.6 Å². The second-order valence-electron chi connectivity index (χ2n) is 4.78. The van der Waals surface area contributed by atoms with Gasteiger partial charge >= 0.3 is 0 Å². The topological polar surface area (TPSA) is 55.6 Å². The SMILES string of the molecule is CC(Nc1ccc(F)c(F)c1)c1nnnn1-c1ccccc1. The molecule has 112 valence electrons. The Morgan fingerprint density at radius 3 is 2.55 bits per heavy atom. The van der Waals surface area contributed by atoms with E-state index in [0.717, 1.165) is 17.8 Å². The zero-order chi connectivity index (χ0) is 15.5. The lowest BCUT2D eigenvalue weighted by Crippen LogP contribution is -2.14. The Morgan fingerprint density at radius 1 is 1.05 bits per heavy atom. The van der Waals surface area contributed by atoms with Crippen LogP contribution in [0.2, 0.25) is 0 Å². The van der Waals surface area contributed by atoms with Gasteiger partial charge in [-0.1, -0.05) is 18.2 Å². The first-order chi connectivity index (χ1) is 10.6. The van der Waals surface area contributed by atoms with Crippen LogP contribution < -0.4 is 5.32 Å². The summed E-state index contributed by atoms with van der Waals surface area (Å²) in [6.07, 6.45) is 0. The summed E-state index contributed by atoms with van der Waals surface area (Å²) in [6, 6.07) is 12.8. The van der Waals surface area contributed by atoms with Gasteiger partial charge in [-0.2, -0.15) is 4.68 Å². The van der Waals surface area contributed by atoms with Crippen LogP contribution in [0.4, 0.5) is 14.5 Å². The van der Waals surface area contributed by atoms with Gasteiger partial charge in [0.2, 0.25) is 0 Å². The fraction of sp³-hybridized carbons (Fsp3) is 0.133. The van der Waals surface area contributed by atoms with Gasteiger partial charge in [0.15, 0.2) is 17.5 Å². The van der Waals surface area contributed by atoms with E-state index in [-0.39, 0.29) is 6.04 Å². The third kappa shape index (κ3) is 2.78. The molecule has 0 aliphatic heterocycles. The lowest BCUT2D eigenvalue weighted by Gasteiger charge is -2.15. The maximum absolute atomic E-state index is 13.3. The number of benzene rings is 2. The summed E-state index contributed by atoms with van der Waals surface area (Å²) in [4.78, 5) is 0. The Balaban J connectivity index is 1.85. The Bertz CT molecular complexity index is 773. The average Bonchev–Trinajstić information content (AvgIpc) is 3.01. The van der Waals surface area contributed by atoms with E-state index in [4.69, 9.17) is 0 Å². The summed E-state index contributed by atoms with van der Waals surface area (Å²) in [6.45, 7) is 1.84. The van der Waals surface area contributed by atoms with Crippen molar-refractivity contribution in [2.75, 3.05) is 5.32 Å². The smallest absolute Gasteiger partial charge is 0.178 e. The molecule has 0 spiro atoms. The summed E-state index contributed by atoms with van der Waals surface area (Å²) in [7, 11) is 0. The highest BCUT2D eigenvalue weighted by Gasteiger charge is 2.16. The first-order valence-corrected chi connectivity index (χ1v) is 6.70. The zero-order valence-corrected chi connectivity index (χ0v) is 11.7. The number of halogens is 2. The molecule has 1 heterocycles. The quantitative estimate of drug-likeness (QED) is 0.804. The van der Waals surface area contributed by atoms with E-state index in [9.17, 15) is 8.78 Å². The van der Waals surface area contributed by atoms with E-state index in [2.05, 4.69) is 20.8 Å². The standard InChI is InChI=1S/C15H13F2N5/c1-10(18-11-7-8-13(16)14(17)9-11)15-19-20-21-22(15)12-5-3-2-4-6-12/h2-10,18H,1H3. The van der Waals surface area contributed by atoms with E-state index in [0.29, 0.717) is 11.5 Å². The molecule has 1 N–H and O–H groups in total. The van der Waals surface area contributed by atoms with Crippen LogP contribution in [0.1, 0.15) is 18.8 Å². The van der Waals surface area contributed by atoms with Crippen LogP contribution in [0.25, 0.3) is 5.69 Å². The number of tetrazole rings is 1. The van der Waals surface area contributed by atoms with Crippen LogP contribution in [-0.4, -0.2) is 20.2 Å². The molecule has 0 saturated heterocycles. The molecule has 5 nitrogen and oxygen atoms in total. The highest BCUT2D eigenvalue weighted by molar-refractivity contribution is 5.45. The van der Waals surface area contributed by atoms with Gasteiger partial charge in [0.25, 0.3) is 0 Å². The third-order valence-corrected chi connectivity index (χ3v) is 3.18. The summed E-state index contributed by atoms with van der Waals surface area (Å²) in [5, 5.41) is 14.7. The predicted molar refractivity (Wildman–Crippen MR) is 77.5 cm³/mol. The van der Waals surface area contributed by atoms with Gasteiger partial charge in [0.05, 0.1) is 11.7 Å². The Hall–Kier alpha value is -2.83. The van der Waals surface area contributed by atoms with Gasteiger partial charge in [-0.3, -0.25) is 0 Å². The molecule has 0 bridgehead atoms. The van der Waals surface area contributed by atoms with Crippen LogP contribution in [0.15, 0.2) is 48.5 Å². The normalized spacial score (nSPS) is 12.1. The van der Waals surface area contributed by atoms with Gasteiger partial charge in [-0.25, -0.2) is 8.78 Å². The molecule has 0 amide bonds. The number of nitrogens with zero attached hydrogens (tertiary/aromatic N) is 4. The number of anilines is 1. The first-order valence-electron chi connectivity index (χ1n) is 6.70. The fourth-order valence-electron chi connectivity index (χ4n) is 2.12. The van der Waals surface area contributed by atoms with Crippen molar-refractivity contribution in [2.45, 2.75) is 13.0 Å². The second-order valence-corrected chi connectivity index (χ2v) is 4.78. The zero-order valence-electron chi connectivity index (χ0n) is 11.7. The fourth-order valence-corrected chi connectivity index (χ4v) is 2.12. The van der Waals surface area contributed by atoms with Crippen molar-refractivity contribution in [1.82, 2.24) is 20.2 Å². The maximum atomic E-state index is 13.3. The number of hydrogen-bond acceptors (Lipinski definition) is 4. The van der Waals surface area contributed by atoms with Gasteiger partial charge < -0.3 is 5.32 Å². The number of aromatic nitrogens is 4. The molecule has 0 aliphatic carbocycles. The molecule has 0 fully saturated rings. The van der Waals surface area contributed by atoms with E-state index >= 15 is 0 Å². The van der Waals surface area contributed by atoms with Gasteiger partial charge in [0.1, 0.15) is 0 Å². The number of nitrogens with one attached hydrogen (secondary N) is 1. The Morgan fingerprint density at radius 2 is 1.82 bits per heavy atom. The van der Waals surface area contributed by atoms with Crippen LogP contribution in [-0.2, 0) is 0 Å². The Labute approximate surface area is 125 Å². The minimum absolute atomic E-state index is 0.292. The van der Waals surface area contributed by atoms with E-state index in [1.165, 1.54) is 6.07 Å². The molecule has 0 aliphatic rings. The monoisotopic (exact) mass is 301 g/mol. The van der Waals surface area contributed by atoms with Gasteiger partial charge in [-0.15, -0.1) is 5.10 Å². The number of hydrogen-bond donors (Lipinski definition) is 1. The lowest BCUT2D eigenvalue weighted by atomic mass is 10.2. The average molecular weight is 301 g/mol. The molecule has 7 heteroatoms. The molecular formula is C15H13F2N5. The summed E-state index contributed by atoms with van der Waals surface area (Å²) in [5.41, 5.74) is 1.27. The molecule has 1 unspecified atom stereocenters. The minimum atomic E-state index is -0.903. The van der Waals surface area contributed by atoms with Crippen molar-refractivity contribution >= 4 is 5.69 Å². The van der Waals surface area contributed by atoms with Crippen molar-refractivity contribution in [3.8, 4) is 5.69 Å². The number of para-hydroxylation sites is 1. The van der Waals surface area contributed by atoms with Gasteiger partial charge in [0, 0.05) is 11.8 Å². The molecule has 3 rings (SSSR count). The van der Waals surface area contributed by atoms with Crippen molar-refractivity contribution in [2.24, 2.45) is 0 Å². The molecule has 2 aromatic carbocycles. The summed E-state index contributed by atoms with van der Waals surface area (Å²) >= 11 is 0. The largest absolute Gasteiger partial charge is 0.375 e. The third-order valence-electron chi connectivity index (χ3n) is 3.18. The molecule has 22 heavy (non-hydrogen) atoms. The minimum Gasteiger partial charge on any atom is -0.375 e. The molecule has 0 radical (unpaired) electrons. The van der Waals surface area contributed by atoms with E-state index in [1.807, 2.05) is 37.3 Å². The van der Waals surface area contributed by atoms with E-state index in [1.54, 1.807) is 4.68 Å². The van der Waals surface area contributed by atoms with Crippen molar-refractivity contribution in [1.29, 1.82) is 0 Å². The van der Waals surface area contributed by atoms with Crippen LogP contribution in [0.5, 0.6) is 0 Å². The predicted octanol–water partition coefficient (Wildman–Crippen LogP) is 3.11. The summed E-state index contributed by atoms with van der Waals surface area (Å²) < 4.78 is 27.8. The van der Waals surface area contributed by atoms with Crippen molar-refractivity contribution in [3.05, 3.63) is 66.0 Å². The highest BCUT2D eigenvalue weighted by atomic mass is 19.2. The van der Waals surface area contributed by atoms with Crippen molar-refractivity contribution < 1.29 is 8.78 Å². The molecule has 3 aromatic rings. The second kappa shape index (κ2) is 5.88. The summed E-state index contributed by atoms with van der Waals surface area (Å²) in [5.74, 6) is -1.22. The van der Waals surface area contributed by atoms with Crippen molar-refractivity contribution in [3.63, 3.8) is 0 Å². The first kappa shape index (κ1) is 14.1. The molecule has 1 aromatic heterocycles. The number of rotatable bonds is 4.